The van der Waals surface area contributed by atoms with Gasteiger partial charge in [0.2, 0.25) is 11.8 Å². The number of rotatable bonds is 9. The Bertz CT molecular complexity index is 1030. The monoisotopic (exact) mass is 416 g/mol. The van der Waals surface area contributed by atoms with Gasteiger partial charge in [-0.1, -0.05) is 49.4 Å². The topological polar surface area (TPSA) is 59.5 Å². The number of amides is 1. The number of aryl methyl sites for hydroxylation is 1. The fourth-order valence-electron chi connectivity index (χ4n) is 3.57. The van der Waals surface area contributed by atoms with Crippen molar-refractivity contribution in [3.63, 3.8) is 0 Å². The molecule has 0 radical (unpaired) electrons. The van der Waals surface area contributed by atoms with Gasteiger partial charge in [-0.15, -0.1) is 0 Å². The van der Waals surface area contributed by atoms with Gasteiger partial charge in [-0.3, -0.25) is 9.59 Å². The summed E-state index contributed by atoms with van der Waals surface area (Å²) in [5, 5.41) is 0. The fraction of sp³-hybridized carbons (Fsp3) is 0.269. The van der Waals surface area contributed by atoms with Crippen molar-refractivity contribution in [1.82, 2.24) is 4.98 Å². The number of Topliss-reactive ketones (excluding diaryl/α,β-unsaturated/α-hetero) is 1. The third kappa shape index (κ3) is 5.37. The van der Waals surface area contributed by atoms with Gasteiger partial charge < -0.3 is 9.64 Å². The molecule has 0 saturated heterocycles. The molecule has 5 nitrogen and oxygen atoms in total. The Kier molecular flexibility index (Phi) is 7.55. The number of nitrogens with zero attached hydrogens (tertiary/aromatic N) is 2. The van der Waals surface area contributed by atoms with E-state index in [1.54, 1.807) is 18.2 Å². The number of methoxy groups -OCH3 is 1. The third-order valence-electron chi connectivity index (χ3n) is 5.30. The van der Waals surface area contributed by atoms with Crippen molar-refractivity contribution >= 4 is 17.4 Å². The average Bonchev–Trinajstić information content (AvgIpc) is 2.83. The number of hydrogen-bond donors (Lipinski definition) is 0. The molecule has 1 amide bonds. The van der Waals surface area contributed by atoms with Crippen LogP contribution in [-0.4, -0.2) is 30.3 Å². The van der Waals surface area contributed by atoms with Crippen LogP contribution >= 0.6 is 0 Å². The van der Waals surface area contributed by atoms with Crippen molar-refractivity contribution in [1.29, 1.82) is 0 Å². The summed E-state index contributed by atoms with van der Waals surface area (Å²) in [6, 6.07) is 19.4. The van der Waals surface area contributed by atoms with Crippen LogP contribution in [0.3, 0.4) is 0 Å². The molecule has 0 atom stereocenters. The SMILES string of the molecule is CCC(=O)N(CC)c1ccc(-c2ccc(C(=O)CCc3cccnc3OC)cc2)cc1. The Balaban J connectivity index is 1.67. The minimum atomic E-state index is 0.0875. The fourth-order valence-corrected chi connectivity index (χ4v) is 3.57. The van der Waals surface area contributed by atoms with E-state index in [-0.39, 0.29) is 11.7 Å². The molecule has 31 heavy (non-hydrogen) atoms. The summed E-state index contributed by atoms with van der Waals surface area (Å²) in [7, 11) is 1.58. The lowest BCUT2D eigenvalue weighted by Gasteiger charge is -2.20. The molecule has 0 fully saturated rings. The highest BCUT2D eigenvalue weighted by molar-refractivity contribution is 5.96. The van der Waals surface area contributed by atoms with Crippen molar-refractivity contribution in [2.45, 2.75) is 33.1 Å². The molecule has 3 rings (SSSR count). The predicted octanol–water partition coefficient (Wildman–Crippen LogP) is 5.34. The lowest BCUT2D eigenvalue weighted by Crippen LogP contribution is -2.29. The smallest absolute Gasteiger partial charge is 0.226 e. The Labute approximate surface area is 183 Å². The number of ether oxygens (including phenoxy) is 1. The molecule has 3 aromatic rings. The van der Waals surface area contributed by atoms with Crippen molar-refractivity contribution in [2.24, 2.45) is 0 Å². The molecule has 0 aliphatic carbocycles. The number of benzene rings is 2. The number of anilines is 1. The average molecular weight is 417 g/mol. The van der Waals surface area contributed by atoms with Crippen LogP contribution in [0.15, 0.2) is 66.9 Å². The highest BCUT2D eigenvalue weighted by Crippen LogP contribution is 2.25. The van der Waals surface area contributed by atoms with E-state index in [9.17, 15) is 9.59 Å². The number of hydrogen-bond acceptors (Lipinski definition) is 4. The van der Waals surface area contributed by atoms with Gasteiger partial charge in [0.15, 0.2) is 5.78 Å². The van der Waals surface area contributed by atoms with Crippen LogP contribution in [0.25, 0.3) is 11.1 Å². The number of carbonyl (C=O) groups is 2. The first-order chi connectivity index (χ1) is 15.1. The van der Waals surface area contributed by atoms with Gasteiger partial charge in [0.05, 0.1) is 7.11 Å². The molecule has 2 aromatic carbocycles. The highest BCUT2D eigenvalue weighted by atomic mass is 16.5. The lowest BCUT2D eigenvalue weighted by molar-refractivity contribution is -0.118. The molecule has 0 N–H and O–H groups in total. The first-order valence-corrected chi connectivity index (χ1v) is 10.6. The van der Waals surface area contributed by atoms with E-state index in [4.69, 9.17) is 4.74 Å². The second-order valence-electron chi connectivity index (χ2n) is 7.21. The van der Waals surface area contributed by atoms with Gasteiger partial charge in [0.1, 0.15) is 0 Å². The first kappa shape index (κ1) is 22.2. The zero-order valence-electron chi connectivity index (χ0n) is 18.3. The summed E-state index contributed by atoms with van der Waals surface area (Å²) >= 11 is 0. The summed E-state index contributed by atoms with van der Waals surface area (Å²) in [6.45, 7) is 4.49. The molecular weight excluding hydrogens is 388 g/mol. The van der Waals surface area contributed by atoms with Crippen LogP contribution in [0.2, 0.25) is 0 Å². The number of ketones is 1. The van der Waals surface area contributed by atoms with E-state index >= 15 is 0 Å². The van der Waals surface area contributed by atoms with Crippen LogP contribution in [-0.2, 0) is 11.2 Å². The van der Waals surface area contributed by atoms with Crippen LogP contribution in [0, 0.1) is 0 Å². The zero-order valence-corrected chi connectivity index (χ0v) is 18.3. The van der Waals surface area contributed by atoms with Gasteiger partial charge in [0, 0.05) is 42.4 Å². The van der Waals surface area contributed by atoms with Gasteiger partial charge in [-0.2, -0.15) is 0 Å². The van der Waals surface area contributed by atoms with E-state index in [2.05, 4.69) is 4.98 Å². The summed E-state index contributed by atoms with van der Waals surface area (Å²) in [4.78, 5) is 30.6. The van der Waals surface area contributed by atoms with Gasteiger partial charge in [-0.05, 0) is 42.7 Å². The zero-order chi connectivity index (χ0) is 22.2. The molecule has 1 heterocycles. The number of pyridine rings is 1. The van der Waals surface area contributed by atoms with Crippen LogP contribution < -0.4 is 9.64 Å². The van der Waals surface area contributed by atoms with Crippen molar-refractivity contribution in [3.8, 4) is 17.0 Å². The maximum atomic E-state index is 12.6. The maximum absolute atomic E-state index is 12.6. The van der Waals surface area contributed by atoms with E-state index in [0.717, 1.165) is 22.4 Å². The third-order valence-corrected chi connectivity index (χ3v) is 5.30. The summed E-state index contributed by atoms with van der Waals surface area (Å²) < 4.78 is 5.25. The highest BCUT2D eigenvalue weighted by Gasteiger charge is 2.12. The van der Waals surface area contributed by atoms with E-state index in [1.165, 1.54) is 0 Å². The first-order valence-electron chi connectivity index (χ1n) is 10.6. The standard InChI is InChI=1S/C26H28N2O3/c1-4-25(30)28(5-2)23-15-12-20(13-16-23)19-8-10-21(11-9-19)24(29)17-14-22-7-6-18-27-26(22)31-3/h6-13,15-16,18H,4-5,14,17H2,1-3H3. The molecule has 1 aromatic heterocycles. The molecule has 5 heteroatoms. The molecule has 0 aliphatic rings. The van der Waals surface area contributed by atoms with Gasteiger partial charge >= 0.3 is 0 Å². The second kappa shape index (κ2) is 10.5. The summed E-state index contributed by atoms with van der Waals surface area (Å²) in [5.74, 6) is 0.767. The molecule has 0 unspecified atom stereocenters. The Morgan fingerprint density at radius 2 is 1.58 bits per heavy atom. The van der Waals surface area contributed by atoms with Crippen LogP contribution in [0.5, 0.6) is 5.88 Å². The molecule has 0 bridgehead atoms. The van der Waals surface area contributed by atoms with E-state index in [1.807, 2.05) is 74.5 Å². The second-order valence-corrected chi connectivity index (χ2v) is 7.21. The predicted molar refractivity (Wildman–Crippen MR) is 124 cm³/mol. The minimum absolute atomic E-state index is 0.0875. The maximum Gasteiger partial charge on any atom is 0.226 e. The normalized spacial score (nSPS) is 10.5. The summed E-state index contributed by atoms with van der Waals surface area (Å²) in [5.41, 5.74) is 4.59. The van der Waals surface area contributed by atoms with Crippen molar-refractivity contribution < 1.29 is 14.3 Å². The van der Waals surface area contributed by atoms with Gasteiger partial charge in [0.25, 0.3) is 0 Å². The molecule has 0 spiro atoms. The molecule has 0 saturated carbocycles. The quantitative estimate of drug-likeness (QED) is 0.442. The van der Waals surface area contributed by atoms with Crippen LogP contribution in [0.4, 0.5) is 5.69 Å². The number of carbonyl (C=O) groups excluding carboxylic acids is 2. The lowest BCUT2D eigenvalue weighted by atomic mass is 9.99. The molecule has 160 valence electrons. The molecular formula is C26H28N2O3. The minimum Gasteiger partial charge on any atom is -0.481 e. The van der Waals surface area contributed by atoms with Crippen LogP contribution in [0.1, 0.15) is 42.6 Å². The summed E-state index contributed by atoms with van der Waals surface area (Å²) in [6.07, 6.45) is 3.15. The largest absolute Gasteiger partial charge is 0.481 e. The van der Waals surface area contributed by atoms with E-state index < -0.39 is 0 Å². The Hall–Kier alpha value is -3.47. The van der Waals surface area contributed by atoms with E-state index in [0.29, 0.717) is 37.3 Å². The number of aromatic nitrogens is 1. The Morgan fingerprint density at radius 3 is 2.16 bits per heavy atom. The van der Waals surface area contributed by atoms with Gasteiger partial charge in [-0.25, -0.2) is 4.98 Å². The van der Waals surface area contributed by atoms with Crippen molar-refractivity contribution in [3.05, 3.63) is 78.0 Å². The van der Waals surface area contributed by atoms with Crippen molar-refractivity contribution in [2.75, 3.05) is 18.6 Å². The Morgan fingerprint density at radius 1 is 0.935 bits per heavy atom. The molecule has 0 aliphatic heterocycles.